The summed E-state index contributed by atoms with van der Waals surface area (Å²) in [6.45, 7) is 7.96. The van der Waals surface area contributed by atoms with Crippen molar-refractivity contribution in [2.75, 3.05) is 0 Å². The number of ether oxygens (including phenoxy) is 2. The number of aliphatic carboxylic acids is 1. The van der Waals surface area contributed by atoms with Gasteiger partial charge in [-0.25, -0.2) is 0 Å². The van der Waals surface area contributed by atoms with E-state index in [0.717, 1.165) is 0 Å². The number of carboxylic acids is 1. The number of benzene rings is 1. The van der Waals surface area contributed by atoms with Crippen LogP contribution < -0.4 is 0 Å². The highest BCUT2D eigenvalue weighted by atomic mass is 16.6. The molecule has 1 N–H and O–H groups in total. The third-order valence-corrected chi connectivity index (χ3v) is 3.94. The predicted octanol–water partition coefficient (Wildman–Crippen LogP) is 3.19. The Labute approximate surface area is 148 Å². The van der Waals surface area contributed by atoms with E-state index in [9.17, 15) is 19.5 Å². The van der Waals surface area contributed by atoms with Crippen LogP contribution in [0.5, 0.6) is 0 Å². The first-order valence-electron chi connectivity index (χ1n) is 8.23. The number of hydrogen-bond donors (Lipinski definition) is 1. The molecule has 0 aliphatic rings. The highest BCUT2D eigenvalue weighted by molar-refractivity contribution is 6.17. The molecule has 6 nitrogen and oxygen atoms in total. The van der Waals surface area contributed by atoms with Gasteiger partial charge >= 0.3 is 17.9 Å². The Bertz CT molecular complexity index is 617. The molecule has 1 rings (SSSR count). The molecule has 25 heavy (non-hydrogen) atoms. The SMILES string of the molecule is CCC(C)C(C(=O)O)(C(=O)OCc1ccccc1)C(=O)OC(C)(C)C. The molecule has 0 heterocycles. The first-order chi connectivity index (χ1) is 11.6. The second-order valence-corrected chi connectivity index (χ2v) is 6.99. The third-order valence-electron chi connectivity index (χ3n) is 3.94. The van der Waals surface area contributed by atoms with Gasteiger partial charge < -0.3 is 14.6 Å². The molecular formula is C19H26O6. The van der Waals surface area contributed by atoms with Crippen molar-refractivity contribution in [2.45, 2.75) is 53.2 Å². The Kier molecular flexibility index (Phi) is 6.73. The zero-order chi connectivity index (χ0) is 19.3. The van der Waals surface area contributed by atoms with Crippen LogP contribution >= 0.6 is 0 Å². The van der Waals surface area contributed by atoms with Gasteiger partial charge in [-0.2, -0.15) is 0 Å². The zero-order valence-electron chi connectivity index (χ0n) is 15.4. The van der Waals surface area contributed by atoms with Crippen molar-refractivity contribution in [1.29, 1.82) is 0 Å². The molecule has 1 aromatic carbocycles. The summed E-state index contributed by atoms with van der Waals surface area (Å²) >= 11 is 0. The van der Waals surface area contributed by atoms with Crippen LogP contribution in [0.4, 0.5) is 0 Å². The van der Waals surface area contributed by atoms with Gasteiger partial charge in [-0.15, -0.1) is 0 Å². The van der Waals surface area contributed by atoms with Crippen LogP contribution in [0.3, 0.4) is 0 Å². The summed E-state index contributed by atoms with van der Waals surface area (Å²) in [5.41, 5.74) is -2.62. The lowest BCUT2D eigenvalue weighted by Crippen LogP contribution is -2.54. The van der Waals surface area contributed by atoms with Gasteiger partial charge in [0.05, 0.1) is 0 Å². The number of carboxylic acid groups (broad SMARTS) is 1. The van der Waals surface area contributed by atoms with Crippen molar-refractivity contribution in [3.63, 3.8) is 0 Å². The Morgan fingerprint density at radius 1 is 1.08 bits per heavy atom. The molecule has 138 valence electrons. The van der Waals surface area contributed by atoms with E-state index in [1.54, 1.807) is 52.0 Å². The summed E-state index contributed by atoms with van der Waals surface area (Å²) in [5, 5.41) is 9.76. The quantitative estimate of drug-likeness (QED) is 0.600. The highest BCUT2D eigenvalue weighted by Crippen LogP contribution is 2.35. The van der Waals surface area contributed by atoms with E-state index in [2.05, 4.69) is 0 Å². The molecule has 0 aliphatic carbocycles. The van der Waals surface area contributed by atoms with Crippen molar-refractivity contribution in [2.24, 2.45) is 11.3 Å². The maximum absolute atomic E-state index is 12.7. The van der Waals surface area contributed by atoms with Gasteiger partial charge in [0, 0.05) is 0 Å². The van der Waals surface area contributed by atoms with E-state index in [1.165, 1.54) is 6.92 Å². The lowest BCUT2D eigenvalue weighted by molar-refractivity contribution is -0.192. The minimum absolute atomic E-state index is 0.117. The first-order valence-corrected chi connectivity index (χ1v) is 8.23. The molecule has 0 spiro atoms. The van der Waals surface area contributed by atoms with Crippen LogP contribution in [0.1, 0.15) is 46.6 Å². The molecule has 6 heteroatoms. The molecule has 0 radical (unpaired) electrons. The van der Waals surface area contributed by atoms with Gasteiger partial charge in [-0.3, -0.25) is 14.4 Å². The minimum Gasteiger partial charge on any atom is -0.480 e. The Morgan fingerprint density at radius 3 is 2.08 bits per heavy atom. The van der Waals surface area contributed by atoms with Gasteiger partial charge in [0.25, 0.3) is 5.41 Å². The zero-order valence-corrected chi connectivity index (χ0v) is 15.4. The summed E-state index contributed by atoms with van der Waals surface area (Å²) in [5.74, 6) is -4.55. The number of carbonyl (C=O) groups is 3. The van der Waals surface area contributed by atoms with Crippen molar-refractivity contribution >= 4 is 17.9 Å². The predicted molar refractivity (Wildman–Crippen MR) is 91.6 cm³/mol. The smallest absolute Gasteiger partial charge is 0.335 e. The number of rotatable bonds is 7. The monoisotopic (exact) mass is 350 g/mol. The lowest BCUT2D eigenvalue weighted by atomic mass is 9.74. The van der Waals surface area contributed by atoms with E-state index in [-0.39, 0.29) is 6.61 Å². The van der Waals surface area contributed by atoms with Gasteiger partial charge in [0.2, 0.25) is 0 Å². The minimum atomic E-state index is -2.39. The second-order valence-electron chi connectivity index (χ2n) is 6.99. The van der Waals surface area contributed by atoms with Crippen LogP contribution in [-0.2, 0) is 30.5 Å². The molecule has 1 aromatic rings. The van der Waals surface area contributed by atoms with E-state index >= 15 is 0 Å². The number of esters is 2. The van der Waals surface area contributed by atoms with E-state index in [0.29, 0.717) is 12.0 Å². The van der Waals surface area contributed by atoms with Gasteiger partial charge in [-0.05, 0) is 32.3 Å². The number of hydrogen-bond acceptors (Lipinski definition) is 5. The van der Waals surface area contributed by atoms with Crippen LogP contribution in [0, 0.1) is 11.3 Å². The molecule has 0 saturated carbocycles. The summed E-state index contributed by atoms with van der Waals surface area (Å²) in [7, 11) is 0. The highest BCUT2D eigenvalue weighted by Gasteiger charge is 2.60. The molecule has 0 bridgehead atoms. The Morgan fingerprint density at radius 2 is 1.64 bits per heavy atom. The molecular weight excluding hydrogens is 324 g/mol. The fourth-order valence-electron chi connectivity index (χ4n) is 2.37. The summed E-state index contributed by atoms with van der Waals surface area (Å²) < 4.78 is 10.4. The standard InChI is InChI=1S/C19H26O6/c1-6-13(2)19(15(20)21,17(23)25-18(3,4)5)16(22)24-12-14-10-8-7-9-11-14/h7-11,13H,6,12H2,1-5H3,(H,20,21). The maximum atomic E-state index is 12.7. The second kappa shape index (κ2) is 8.14. The molecule has 0 amide bonds. The summed E-state index contributed by atoms with van der Waals surface area (Å²) in [6, 6.07) is 8.85. The van der Waals surface area contributed by atoms with Crippen molar-refractivity contribution in [3.05, 3.63) is 35.9 Å². The fraction of sp³-hybridized carbons (Fsp3) is 0.526. The average molecular weight is 350 g/mol. The summed E-state index contributed by atoms with van der Waals surface area (Å²) in [4.78, 5) is 37.4. The lowest BCUT2D eigenvalue weighted by Gasteiger charge is -2.33. The summed E-state index contributed by atoms with van der Waals surface area (Å²) in [6.07, 6.45) is 0.298. The fourth-order valence-corrected chi connectivity index (χ4v) is 2.37. The average Bonchev–Trinajstić information content (AvgIpc) is 2.52. The van der Waals surface area contributed by atoms with Gasteiger partial charge in [-0.1, -0.05) is 50.6 Å². The molecule has 2 unspecified atom stereocenters. The topological polar surface area (TPSA) is 89.9 Å². The van der Waals surface area contributed by atoms with Crippen molar-refractivity contribution in [3.8, 4) is 0 Å². The Hall–Kier alpha value is -2.37. The van der Waals surface area contributed by atoms with Crippen LogP contribution in [-0.4, -0.2) is 28.6 Å². The first kappa shape index (κ1) is 20.7. The van der Waals surface area contributed by atoms with E-state index in [1.807, 2.05) is 6.07 Å². The van der Waals surface area contributed by atoms with Crippen molar-refractivity contribution < 1.29 is 29.0 Å². The van der Waals surface area contributed by atoms with E-state index < -0.39 is 34.8 Å². The Balaban J connectivity index is 3.17. The van der Waals surface area contributed by atoms with E-state index in [4.69, 9.17) is 9.47 Å². The molecule has 0 saturated heterocycles. The van der Waals surface area contributed by atoms with Crippen LogP contribution in [0.15, 0.2) is 30.3 Å². The number of carbonyl (C=O) groups excluding carboxylic acids is 2. The molecule has 2 atom stereocenters. The normalized spacial score (nSPS) is 14.9. The third kappa shape index (κ3) is 4.81. The molecule has 0 aromatic heterocycles. The maximum Gasteiger partial charge on any atom is 0.335 e. The largest absolute Gasteiger partial charge is 0.480 e. The molecule has 0 aliphatic heterocycles. The van der Waals surface area contributed by atoms with Crippen LogP contribution in [0.2, 0.25) is 0 Å². The van der Waals surface area contributed by atoms with Gasteiger partial charge in [0.1, 0.15) is 12.2 Å². The van der Waals surface area contributed by atoms with Crippen LogP contribution in [0.25, 0.3) is 0 Å². The molecule has 0 fully saturated rings. The van der Waals surface area contributed by atoms with Gasteiger partial charge in [0.15, 0.2) is 0 Å². The van der Waals surface area contributed by atoms with Crippen molar-refractivity contribution in [1.82, 2.24) is 0 Å².